The molecule has 0 aromatic heterocycles. The van der Waals surface area contributed by atoms with Crippen LogP contribution in [0.5, 0.6) is 5.75 Å². The van der Waals surface area contributed by atoms with Gasteiger partial charge < -0.3 is 10.5 Å². The van der Waals surface area contributed by atoms with E-state index in [1.54, 1.807) is 12.1 Å². The Morgan fingerprint density at radius 2 is 2.00 bits per heavy atom. The van der Waals surface area contributed by atoms with Crippen molar-refractivity contribution in [3.8, 4) is 5.75 Å². The average Bonchev–Trinajstić information content (AvgIpc) is 2.20. The Hall–Kier alpha value is -0.800. The maximum Gasteiger partial charge on any atom is 0.138 e. The van der Waals surface area contributed by atoms with Gasteiger partial charge in [0, 0.05) is 5.56 Å². The molecule has 2 N–H and O–H groups in total. The molecular formula is C12H16ClNOS. The van der Waals surface area contributed by atoms with Crippen LogP contribution in [0.25, 0.3) is 0 Å². The molecule has 1 aromatic rings. The quantitative estimate of drug-likeness (QED) is 0.840. The summed E-state index contributed by atoms with van der Waals surface area (Å²) in [4.78, 5) is 0.338. The van der Waals surface area contributed by atoms with E-state index in [4.69, 9.17) is 34.3 Å². The molecule has 16 heavy (non-hydrogen) atoms. The highest BCUT2D eigenvalue weighted by molar-refractivity contribution is 7.80. The maximum absolute atomic E-state index is 6.08. The van der Waals surface area contributed by atoms with Gasteiger partial charge in [-0.25, -0.2) is 0 Å². The van der Waals surface area contributed by atoms with E-state index >= 15 is 0 Å². The minimum atomic E-state index is 0.119. The zero-order valence-electron chi connectivity index (χ0n) is 9.66. The van der Waals surface area contributed by atoms with Crippen molar-refractivity contribution in [3.63, 3.8) is 0 Å². The molecular weight excluding hydrogens is 242 g/mol. The molecule has 1 unspecified atom stereocenters. The minimum absolute atomic E-state index is 0.119. The Kier molecular flexibility index (Phi) is 4.56. The molecule has 88 valence electrons. The molecule has 0 aliphatic carbocycles. The summed E-state index contributed by atoms with van der Waals surface area (Å²) >= 11 is 11.0. The fourth-order valence-corrected chi connectivity index (χ4v) is 1.44. The van der Waals surface area contributed by atoms with Crippen LogP contribution in [-0.4, -0.2) is 11.1 Å². The number of hydrogen-bond donors (Lipinski definition) is 1. The smallest absolute Gasteiger partial charge is 0.138 e. The predicted octanol–water partition coefficient (Wildman–Crippen LogP) is 3.40. The third-order valence-corrected chi connectivity index (χ3v) is 3.00. The van der Waals surface area contributed by atoms with Gasteiger partial charge in [0.1, 0.15) is 10.7 Å². The van der Waals surface area contributed by atoms with Crippen LogP contribution in [-0.2, 0) is 0 Å². The normalized spacial score (nSPS) is 12.6. The summed E-state index contributed by atoms with van der Waals surface area (Å²) in [6.07, 6.45) is 0.119. The van der Waals surface area contributed by atoms with E-state index in [0.29, 0.717) is 21.7 Å². The number of halogens is 1. The first-order valence-corrected chi connectivity index (χ1v) is 5.96. The molecule has 0 amide bonds. The number of ether oxygens (including phenoxy) is 1. The number of rotatable bonds is 4. The van der Waals surface area contributed by atoms with Crippen LogP contribution < -0.4 is 10.5 Å². The van der Waals surface area contributed by atoms with Crippen LogP contribution in [0.3, 0.4) is 0 Å². The van der Waals surface area contributed by atoms with E-state index in [1.165, 1.54) is 0 Å². The second kappa shape index (κ2) is 5.51. The summed E-state index contributed by atoms with van der Waals surface area (Å²) in [7, 11) is 0. The first-order chi connectivity index (χ1) is 7.41. The maximum atomic E-state index is 6.08. The van der Waals surface area contributed by atoms with E-state index in [0.717, 1.165) is 5.56 Å². The van der Waals surface area contributed by atoms with E-state index in [9.17, 15) is 0 Å². The van der Waals surface area contributed by atoms with Crippen molar-refractivity contribution in [2.75, 3.05) is 0 Å². The van der Waals surface area contributed by atoms with Crippen molar-refractivity contribution in [3.05, 3.63) is 28.8 Å². The summed E-state index contributed by atoms with van der Waals surface area (Å²) in [6, 6.07) is 5.35. The van der Waals surface area contributed by atoms with Gasteiger partial charge in [-0.15, -0.1) is 0 Å². The van der Waals surface area contributed by atoms with Gasteiger partial charge in [0.05, 0.1) is 11.1 Å². The van der Waals surface area contributed by atoms with Crippen molar-refractivity contribution in [2.24, 2.45) is 11.7 Å². The van der Waals surface area contributed by atoms with Crippen molar-refractivity contribution in [1.29, 1.82) is 0 Å². The Morgan fingerprint density at radius 3 is 2.44 bits per heavy atom. The van der Waals surface area contributed by atoms with Crippen LogP contribution >= 0.6 is 23.8 Å². The molecule has 0 saturated carbocycles. The van der Waals surface area contributed by atoms with E-state index in [2.05, 4.69) is 13.8 Å². The lowest BCUT2D eigenvalue weighted by molar-refractivity contribution is 0.170. The van der Waals surface area contributed by atoms with E-state index < -0.39 is 0 Å². The Bertz CT molecular complexity index is 393. The van der Waals surface area contributed by atoms with Gasteiger partial charge in [0.15, 0.2) is 0 Å². The molecule has 0 spiro atoms. The summed E-state index contributed by atoms with van der Waals surface area (Å²) in [6.45, 7) is 6.21. The molecule has 0 bridgehead atoms. The highest BCUT2D eigenvalue weighted by atomic mass is 35.5. The molecule has 0 radical (unpaired) electrons. The van der Waals surface area contributed by atoms with Gasteiger partial charge in [-0.05, 0) is 31.0 Å². The topological polar surface area (TPSA) is 35.2 Å². The van der Waals surface area contributed by atoms with Gasteiger partial charge in [-0.1, -0.05) is 37.7 Å². The first kappa shape index (κ1) is 13.3. The molecule has 1 rings (SSSR count). The second-order valence-electron chi connectivity index (χ2n) is 4.08. The SMILES string of the molecule is CC(C)C(C)Oc1ccc(C(N)=S)cc1Cl. The third kappa shape index (κ3) is 3.35. The van der Waals surface area contributed by atoms with Crippen molar-refractivity contribution >= 4 is 28.8 Å². The molecule has 1 atom stereocenters. The van der Waals surface area contributed by atoms with E-state index in [1.807, 2.05) is 13.0 Å². The standard InChI is InChI=1S/C12H16ClNOS/c1-7(2)8(3)15-11-5-4-9(12(14)16)6-10(11)13/h4-8H,1-3H3,(H2,14,16). The number of thiocarbonyl (C=S) groups is 1. The van der Waals surface area contributed by atoms with Crippen LogP contribution in [0.15, 0.2) is 18.2 Å². The third-order valence-electron chi connectivity index (χ3n) is 2.47. The van der Waals surface area contributed by atoms with Crippen LogP contribution in [0.2, 0.25) is 5.02 Å². The molecule has 0 saturated heterocycles. The first-order valence-electron chi connectivity index (χ1n) is 5.18. The summed E-state index contributed by atoms with van der Waals surface area (Å²) in [5, 5.41) is 0.540. The lowest BCUT2D eigenvalue weighted by Gasteiger charge is -2.19. The van der Waals surface area contributed by atoms with Crippen LogP contribution in [0.4, 0.5) is 0 Å². The van der Waals surface area contributed by atoms with Gasteiger partial charge in [-0.2, -0.15) is 0 Å². The summed E-state index contributed by atoms with van der Waals surface area (Å²) in [5.41, 5.74) is 6.27. The lowest BCUT2D eigenvalue weighted by atomic mass is 10.1. The minimum Gasteiger partial charge on any atom is -0.489 e. The highest BCUT2D eigenvalue weighted by Gasteiger charge is 2.11. The second-order valence-corrected chi connectivity index (χ2v) is 4.92. The average molecular weight is 258 g/mol. The van der Waals surface area contributed by atoms with Crippen molar-refractivity contribution < 1.29 is 4.74 Å². The molecule has 4 heteroatoms. The zero-order valence-corrected chi connectivity index (χ0v) is 11.2. The van der Waals surface area contributed by atoms with Gasteiger partial charge >= 0.3 is 0 Å². The lowest BCUT2D eigenvalue weighted by Crippen LogP contribution is -2.19. The molecule has 1 aromatic carbocycles. The largest absolute Gasteiger partial charge is 0.489 e. The number of hydrogen-bond acceptors (Lipinski definition) is 2. The molecule has 2 nitrogen and oxygen atoms in total. The van der Waals surface area contributed by atoms with Crippen LogP contribution in [0.1, 0.15) is 26.3 Å². The monoisotopic (exact) mass is 257 g/mol. The number of nitrogens with two attached hydrogens (primary N) is 1. The molecule has 0 fully saturated rings. The van der Waals surface area contributed by atoms with Gasteiger partial charge in [-0.3, -0.25) is 0 Å². The summed E-state index contributed by atoms with van der Waals surface area (Å²) in [5.74, 6) is 1.11. The van der Waals surface area contributed by atoms with Crippen molar-refractivity contribution in [1.82, 2.24) is 0 Å². The highest BCUT2D eigenvalue weighted by Crippen LogP contribution is 2.27. The van der Waals surface area contributed by atoms with Gasteiger partial charge in [0.25, 0.3) is 0 Å². The van der Waals surface area contributed by atoms with Gasteiger partial charge in [0.2, 0.25) is 0 Å². The van der Waals surface area contributed by atoms with Crippen LogP contribution in [0, 0.1) is 5.92 Å². The fourth-order valence-electron chi connectivity index (χ4n) is 1.09. The number of benzene rings is 1. The molecule has 0 aliphatic heterocycles. The Balaban J connectivity index is 2.87. The molecule has 0 aliphatic rings. The van der Waals surface area contributed by atoms with E-state index in [-0.39, 0.29) is 6.10 Å². The summed E-state index contributed by atoms with van der Waals surface area (Å²) < 4.78 is 5.73. The molecule has 0 heterocycles. The predicted molar refractivity (Wildman–Crippen MR) is 72.3 cm³/mol. The Morgan fingerprint density at radius 1 is 1.38 bits per heavy atom. The Labute approximate surface area is 107 Å². The zero-order chi connectivity index (χ0) is 12.3. The fraction of sp³-hybridized carbons (Fsp3) is 0.417. The van der Waals surface area contributed by atoms with Crippen molar-refractivity contribution in [2.45, 2.75) is 26.9 Å².